The van der Waals surface area contributed by atoms with Crippen LogP contribution in [0, 0.1) is 0 Å². The summed E-state index contributed by atoms with van der Waals surface area (Å²) in [6.45, 7) is 3.79. The minimum Gasteiger partial charge on any atom is -0.387 e. The molecular weight excluding hydrogens is 380 g/mol. The van der Waals surface area contributed by atoms with Crippen molar-refractivity contribution in [3.63, 3.8) is 0 Å². The van der Waals surface area contributed by atoms with Gasteiger partial charge in [-0.2, -0.15) is 0 Å². The average molecular weight is 402 g/mol. The molecule has 0 amide bonds. The summed E-state index contributed by atoms with van der Waals surface area (Å²) in [7, 11) is 0. The maximum Gasteiger partial charge on any atom is 0.330 e. The van der Waals surface area contributed by atoms with Gasteiger partial charge in [-0.25, -0.2) is 4.79 Å². The van der Waals surface area contributed by atoms with E-state index in [1.807, 2.05) is 44.2 Å². The molecule has 6 rings (SSSR count). The van der Waals surface area contributed by atoms with Gasteiger partial charge in [-0.15, -0.1) is 0 Å². The number of aliphatic hydroxyl groups excluding tert-OH is 1. The van der Waals surface area contributed by atoms with Gasteiger partial charge in [0.05, 0.1) is 12.2 Å². The van der Waals surface area contributed by atoms with Crippen LogP contribution in [0.5, 0.6) is 0 Å². The third kappa shape index (κ3) is 2.66. The zero-order valence-electron chi connectivity index (χ0n) is 16.0. The van der Waals surface area contributed by atoms with Gasteiger partial charge in [0, 0.05) is 17.8 Å². The van der Waals surface area contributed by atoms with Crippen molar-refractivity contribution in [2.24, 2.45) is 0 Å². The molecular formula is C20H22N2O7. The molecule has 4 saturated heterocycles. The Morgan fingerprint density at radius 3 is 2.62 bits per heavy atom. The van der Waals surface area contributed by atoms with E-state index in [0.717, 1.165) is 5.56 Å². The van der Waals surface area contributed by atoms with E-state index >= 15 is 0 Å². The lowest BCUT2D eigenvalue weighted by molar-refractivity contribution is -0.461. The van der Waals surface area contributed by atoms with E-state index in [9.17, 15) is 14.7 Å². The SMILES string of the molecule is CC1(C)O[C@H]2[C@H](n3ccc(=O)[nH]c3=O)O[C@]13CO[C@@H](c1ccccc1)OC3[C@@H]2O. The van der Waals surface area contributed by atoms with Crippen LogP contribution >= 0.6 is 0 Å². The van der Waals surface area contributed by atoms with Gasteiger partial charge in [-0.3, -0.25) is 14.3 Å². The topological polar surface area (TPSA) is 112 Å². The number of ether oxygens (including phenoxy) is 4. The number of fused-ring (bicyclic) bond motifs is 2. The zero-order valence-corrected chi connectivity index (χ0v) is 16.0. The standard InChI is InChI=1S/C20H22N2O7/c1-19(2)20-10-26-17(11-6-4-3-5-7-11)27-15(20)13(24)14(28-19)16(29-20)22-9-8-12(23)21-18(22)25/h3-9,13-17,24H,10H2,1-2H3,(H,21,23,25)/t13-,14-,15?,16-,17-,20+/m1/s1. The summed E-state index contributed by atoms with van der Waals surface area (Å²) in [5.74, 6) is 0. The van der Waals surface area contributed by atoms with Gasteiger partial charge in [0.15, 0.2) is 18.1 Å². The van der Waals surface area contributed by atoms with Gasteiger partial charge in [0.25, 0.3) is 5.56 Å². The number of hydrogen-bond donors (Lipinski definition) is 2. The number of hydrogen-bond acceptors (Lipinski definition) is 7. The Morgan fingerprint density at radius 1 is 1.14 bits per heavy atom. The van der Waals surface area contributed by atoms with Crippen molar-refractivity contribution in [3.8, 4) is 0 Å². The number of aromatic nitrogens is 2. The average Bonchev–Trinajstić information content (AvgIpc) is 2.70. The van der Waals surface area contributed by atoms with Crippen LogP contribution in [0.25, 0.3) is 0 Å². The number of nitrogens with zero attached hydrogens (tertiary/aromatic N) is 1. The van der Waals surface area contributed by atoms with Gasteiger partial charge in [0.2, 0.25) is 0 Å². The number of aliphatic hydroxyl groups is 1. The van der Waals surface area contributed by atoms with Crippen LogP contribution in [0.2, 0.25) is 0 Å². The Balaban J connectivity index is 1.53. The van der Waals surface area contributed by atoms with Crippen molar-refractivity contribution in [2.45, 2.75) is 55.9 Å². The molecule has 2 aromatic rings. The van der Waals surface area contributed by atoms with Gasteiger partial charge >= 0.3 is 5.69 Å². The Hall–Kier alpha value is -2.30. The van der Waals surface area contributed by atoms with Crippen molar-refractivity contribution in [3.05, 3.63) is 69.0 Å². The molecule has 1 unspecified atom stereocenters. The first-order valence-corrected chi connectivity index (χ1v) is 9.50. The Bertz CT molecular complexity index is 1030. The van der Waals surface area contributed by atoms with E-state index in [1.54, 1.807) is 0 Å². The summed E-state index contributed by atoms with van der Waals surface area (Å²) < 4.78 is 25.9. The zero-order chi connectivity index (χ0) is 20.4. The number of H-pyrrole nitrogens is 1. The molecule has 0 saturated carbocycles. The van der Waals surface area contributed by atoms with E-state index in [1.165, 1.54) is 16.8 Å². The minimum atomic E-state index is -1.15. The van der Waals surface area contributed by atoms with Gasteiger partial charge in [0.1, 0.15) is 18.3 Å². The second kappa shape index (κ2) is 6.35. The molecule has 4 fully saturated rings. The molecule has 9 nitrogen and oxygen atoms in total. The van der Waals surface area contributed by atoms with E-state index in [2.05, 4.69) is 4.98 Å². The quantitative estimate of drug-likeness (QED) is 0.750. The monoisotopic (exact) mass is 402 g/mol. The fraction of sp³-hybridized carbons (Fsp3) is 0.500. The fourth-order valence-corrected chi connectivity index (χ4v) is 4.50. The predicted octanol–water partition coefficient (Wildman–Crippen LogP) is 0.457. The molecule has 1 aromatic heterocycles. The Labute approximate surface area is 165 Å². The summed E-state index contributed by atoms with van der Waals surface area (Å²) in [5.41, 5.74) is -2.31. The molecule has 0 radical (unpaired) electrons. The molecule has 2 bridgehead atoms. The molecule has 5 heterocycles. The summed E-state index contributed by atoms with van der Waals surface area (Å²) in [5, 5.41) is 11.1. The second-order valence-corrected chi connectivity index (χ2v) is 8.11. The molecule has 1 aromatic carbocycles. The molecule has 154 valence electrons. The maximum atomic E-state index is 12.3. The fourth-order valence-electron chi connectivity index (χ4n) is 4.50. The lowest BCUT2D eigenvalue weighted by atomic mass is 9.71. The summed E-state index contributed by atoms with van der Waals surface area (Å²) in [6.07, 6.45) is -2.89. The third-order valence-electron chi connectivity index (χ3n) is 6.08. The third-order valence-corrected chi connectivity index (χ3v) is 6.08. The van der Waals surface area contributed by atoms with Crippen LogP contribution in [0.1, 0.15) is 31.9 Å². The van der Waals surface area contributed by atoms with Crippen LogP contribution in [0.4, 0.5) is 0 Å². The van der Waals surface area contributed by atoms with Crippen molar-refractivity contribution < 1.29 is 24.1 Å². The number of benzene rings is 1. The van der Waals surface area contributed by atoms with E-state index in [0.29, 0.717) is 0 Å². The lowest BCUT2D eigenvalue weighted by Crippen LogP contribution is -2.81. The molecule has 4 aliphatic heterocycles. The Morgan fingerprint density at radius 2 is 1.90 bits per heavy atom. The van der Waals surface area contributed by atoms with Crippen LogP contribution in [0.3, 0.4) is 0 Å². The largest absolute Gasteiger partial charge is 0.387 e. The van der Waals surface area contributed by atoms with Crippen LogP contribution in [-0.4, -0.2) is 50.8 Å². The molecule has 29 heavy (non-hydrogen) atoms. The molecule has 9 heteroatoms. The van der Waals surface area contributed by atoms with Gasteiger partial charge in [-0.05, 0) is 13.8 Å². The van der Waals surface area contributed by atoms with Gasteiger partial charge < -0.3 is 24.1 Å². The van der Waals surface area contributed by atoms with E-state index < -0.39 is 53.3 Å². The maximum absolute atomic E-state index is 12.3. The predicted molar refractivity (Wildman–Crippen MR) is 99.1 cm³/mol. The summed E-state index contributed by atoms with van der Waals surface area (Å²) >= 11 is 0. The molecule has 1 spiro atoms. The molecule has 2 N–H and O–H groups in total. The van der Waals surface area contributed by atoms with Crippen LogP contribution < -0.4 is 11.2 Å². The van der Waals surface area contributed by atoms with Crippen molar-refractivity contribution in [2.75, 3.05) is 6.61 Å². The first-order valence-electron chi connectivity index (χ1n) is 9.50. The second-order valence-electron chi connectivity index (χ2n) is 8.11. The van der Waals surface area contributed by atoms with E-state index in [4.69, 9.17) is 18.9 Å². The number of nitrogens with one attached hydrogen (secondary N) is 1. The first kappa shape index (κ1) is 18.7. The highest BCUT2D eigenvalue weighted by atomic mass is 16.7. The van der Waals surface area contributed by atoms with Crippen molar-refractivity contribution >= 4 is 0 Å². The van der Waals surface area contributed by atoms with Crippen molar-refractivity contribution in [1.82, 2.24) is 9.55 Å². The smallest absolute Gasteiger partial charge is 0.330 e. The molecule has 0 aliphatic carbocycles. The first-order chi connectivity index (χ1) is 13.8. The van der Waals surface area contributed by atoms with Crippen LogP contribution in [0.15, 0.2) is 52.2 Å². The van der Waals surface area contributed by atoms with Crippen LogP contribution in [-0.2, 0) is 18.9 Å². The summed E-state index contributed by atoms with van der Waals surface area (Å²) in [4.78, 5) is 25.9. The lowest BCUT2D eigenvalue weighted by Gasteiger charge is -2.65. The summed E-state index contributed by atoms with van der Waals surface area (Å²) in [6, 6.07) is 10.7. The van der Waals surface area contributed by atoms with E-state index in [-0.39, 0.29) is 6.61 Å². The van der Waals surface area contributed by atoms with Gasteiger partial charge in [-0.1, -0.05) is 30.3 Å². The highest BCUT2D eigenvalue weighted by Crippen LogP contribution is 2.54. The molecule has 6 atom stereocenters. The molecule has 4 aliphatic rings. The highest BCUT2D eigenvalue weighted by Gasteiger charge is 2.71. The normalized spacial score (nSPS) is 37.8. The number of rotatable bonds is 2. The Kier molecular flexibility index (Phi) is 4.10. The highest BCUT2D eigenvalue weighted by molar-refractivity contribution is 5.21. The minimum absolute atomic E-state index is 0.0998. The van der Waals surface area contributed by atoms with Crippen molar-refractivity contribution in [1.29, 1.82) is 0 Å². The number of aromatic amines is 1.